The topological polar surface area (TPSA) is 38.3 Å². The average molecular weight is 267 g/mol. The van der Waals surface area contributed by atoms with Gasteiger partial charge >= 0.3 is 0 Å². The van der Waals surface area contributed by atoms with E-state index in [9.17, 15) is 4.79 Å². The zero-order chi connectivity index (χ0) is 14.4. The largest absolute Gasteiger partial charge is 0.490 e. The molecule has 0 aromatic heterocycles. The lowest BCUT2D eigenvalue weighted by molar-refractivity contribution is 0.102. The van der Waals surface area contributed by atoms with Crippen LogP contribution in [0.15, 0.2) is 61.2 Å². The number of anilines is 1. The van der Waals surface area contributed by atoms with Crippen molar-refractivity contribution in [3.63, 3.8) is 0 Å². The molecule has 3 heteroatoms. The minimum atomic E-state index is -0.108. The normalized spacial score (nSPS) is 9.85. The Balaban J connectivity index is 2.05. The number of amides is 1. The van der Waals surface area contributed by atoms with Crippen LogP contribution in [0.4, 0.5) is 5.69 Å². The highest BCUT2D eigenvalue weighted by Crippen LogP contribution is 2.17. The molecule has 0 aliphatic heterocycles. The van der Waals surface area contributed by atoms with Gasteiger partial charge in [-0.05, 0) is 42.8 Å². The summed E-state index contributed by atoms with van der Waals surface area (Å²) in [4.78, 5) is 12.1. The number of hydrogen-bond donors (Lipinski definition) is 1. The Morgan fingerprint density at radius 2 is 1.90 bits per heavy atom. The Bertz CT molecular complexity index is 603. The summed E-state index contributed by atoms with van der Waals surface area (Å²) in [5.74, 6) is 0.640. The van der Waals surface area contributed by atoms with E-state index < -0.39 is 0 Å². The number of hydrogen-bond acceptors (Lipinski definition) is 2. The van der Waals surface area contributed by atoms with Crippen LogP contribution in [0.3, 0.4) is 0 Å². The van der Waals surface area contributed by atoms with E-state index in [4.69, 9.17) is 4.74 Å². The molecule has 0 aliphatic rings. The number of rotatable bonds is 5. The predicted molar refractivity (Wildman–Crippen MR) is 81.3 cm³/mol. The van der Waals surface area contributed by atoms with Crippen LogP contribution >= 0.6 is 0 Å². The van der Waals surface area contributed by atoms with Crippen LogP contribution < -0.4 is 10.1 Å². The van der Waals surface area contributed by atoms with E-state index in [0.717, 1.165) is 17.0 Å². The minimum absolute atomic E-state index is 0.108. The Hall–Kier alpha value is -2.55. The van der Waals surface area contributed by atoms with Gasteiger partial charge in [-0.2, -0.15) is 0 Å². The van der Waals surface area contributed by atoms with Gasteiger partial charge in [0.15, 0.2) is 0 Å². The Kier molecular flexibility index (Phi) is 4.56. The lowest BCUT2D eigenvalue weighted by atomic mass is 10.1. The molecule has 2 aromatic carbocycles. The fourth-order valence-corrected chi connectivity index (χ4v) is 1.82. The van der Waals surface area contributed by atoms with Crippen LogP contribution in [0.1, 0.15) is 15.9 Å². The van der Waals surface area contributed by atoms with E-state index in [0.29, 0.717) is 12.2 Å². The van der Waals surface area contributed by atoms with Crippen molar-refractivity contribution in [2.75, 3.05) is 11.9 Å². The summed E-state index contributed by atoms with van der Waals surface area (Å²) in [5.41, 5.74) is 2.37. The monoisotopic (exact) mass is 267 g/mol. The standard InChI is InChI=1S/C17H17NO2/c1-3-12-20-15-10-8-14(9-11-15)18-17(19)16-7-5-4-6-13(16)2/h3-11H,1,12H2,2H3,(H,18,19). The van der Waals surface area contributed by atoms with E-state index in [-0.39, 0.29) is 5.91 Å². The molecule has 0 atom stereocenters. The molecule has 0 saturated carbocycles. The molecule has 0 saturated heterocycles. The molecule has 0 bridgehead atoms. The first-order valence-corrected chi connectivity index (χ1v) is 6.41. The third-order valence-corrected chi connectivity index (χ3v) is 2.87. The molecule has 2 aromatic rings. The van der Waals surface area contributed by atoms with Gasteiger partial charge in [0.1, 0.15) is 12.4 Å². The van der Waals surface area contributed by atoms with Crippen LogP contribution in [0.25, 0.3) is 0 Å². The summed E-state index contributed by atoms with van der Waals surface area (Å²) >= 11 is 0. The lowest BCUT2D eigenvalue weighted by Crippen LogP contribution is -2.13. The highest BCUT2D eigenvalue weighted by molar-refractivity contribution is 6.05. The van der Waals surface area contributed by atoms with Crippen LogP contribution in [-0.2, 0) is 0 Å². The zero-order valence-corrected chi connectivity index (χ0v) is 11.4. The van der Waals surface area contributed by atoms with Gasteiger partial charge in [0.25, 0.3) is 5.91 Å². The van der Waals surface area contributed by atoms with Crippen molar-refractivity contribution in [3.8, 4) is 5.75 Å². The fraction of sp³-hybridized carbons (Fsp3) is 0.118. The highest BCUT2D eigenvalue weighted by atomic mass is 16.5. The van der Waals surface area contributed by atoms with Gasteiger partial charge in [-0.1, -0.05) is 30.9 Å². The lowest BCUT2D eigenvalue weighted by Gasteiger charge is -2.08. The molecule has 1 amide bonds. The summed E-state index contributed by atoms with van der Waals surface area (Å²) in [5, 5.41) is 2.87. The Labute approximate surface area is 118 Å². The molecule has 0 unspecified atom stereocenters. The molecule has 0 radical (unpaired) electrons. The smallest absolute Gasteiger partial charge is 0.255 e. The minimum Gasteiger partial charge on any atom is -0.490 e. The SMILES string of the molecule is C=CCOc1ccc(NC(=O)c2ccccc2C)cc1. The molecule has 2 rings (SSSR count). The maximum absolute atomic E-state index is 12.1. The maximum Gasteiger partial charge on any atom is 0.255 e. The van der Waals surface area contributed by atoms with Gasteiger partial charge < -0.3 is 10.1 Å². The molecule has 20 heavy (non-hydrogen) atoms. The first kappa shape index (κ1) is 13.9. The van der Waals surface area contributed by atoms with Crippen LogP contribution in [0.2, 0.25) is 0 Å². The molecular formula is C17H17NO2. The second-order valence-corrected chi connectivity index (χ2v) is 4.39. The first-order valence-electron chi connectivity index (χ1n) is 6.41. The van der Waals surface area contributed by atoms with Gasteiger partial charge in [0, 0.05) is 11.3 Å². The van der Waals surface area contributed by atoms with Crippen molar-refractivity contribution in [1.29, 1.82) is 0 Å². The van der Waals surface area contributed by atoms with Crippen LogP contribution in [-0.4, -0.2) is 12.5 Å². The van der Waals surface area contributed by atoms with Gasteiger partial charge in [-0.15, -0.1) is 0 Å². The van der Waals surface area contributed by atoms with Crippen molar-refractivity contribution in [2.45, 2.75) is 6.92 Å². The van der Waals surface area contributed by atoms with E-state index >= 15 is 0 Å². The highest BCUT2D eigenvalue weighted by Gasteiger charge is 2.08. The van der Waals surface area contributed by atoms with Crippen LogP contribution in [0.5, 0.6) is 5.75 Å². The summed E-state index contributed by atoms with van der Waals surface area (Å²) in [6.45, 7) is 5.98. The fourth-order valence-electron chi connectivity index (χ4n) is 1.82. The Morgan fingerprint density at radius 3 is 2.55 bits per heavy atom. The summed E-state index contributed by atoms with van der Waals surface area (Å²) in [7, 11) is 0. The van der Waals surface area contributed by atoms with Crippen molar-refractivity contribution >= 4 is 11.6 Å². The van der Waals surface area contributed by atoms with Gasteiger partial charge in [-0.25, -0.2) is 0 Å². The van der Waals surface area contributed by atoms with E-state index in [1.54, 1.807) is 6.08 Å². The summed E-state index contributed by atoms with van der Waals surface area (Å²) in [6, 6.07) is 14.8. The molecule has 0 fully saturated rings. The first-order chi connectivity index (χ1) is 9.70. The molecule has 3 nitrogen and oxygen atoms in total. The van der Waals surface area contributed by atoms with Crippen molar-refractivity contribution in [2.24, 2.45) is 0 Å². The third-order valence-electron chi connectivity index (χ3n) is 2.87. The van der Waals surface area contributed by atoms with Crippen molar-refractivity contribution in [3.05, 3.63) is 72.3 Å². The van der Waals surface area contributed by atoms with E-state index in [2.05, 4.69) is 11.9 Å². The van der Waals surface area contributed by atoms with Crippen molar-refractivity contribution < 1.29 is 9.53 Å². The van der Waals surface area contributed by atoms with Gasteiger partial charge in [0.05, 0.1) is 0 Å². The number of ether oxygens (including phenoxy) is 1. The summed E-state index contributed by atoms with van der Waals surface area (Å²) in [6.07, 6.45) is 1.69. The maximum atomic E-state index is 12.1. The molecule has 0 heterocycles. The van der Waals surface area contributed by atoms with Crippen LogP contribution in [0, 0.1) is 6.92 Å². The number of carbonyl (C=O) groups is 1. The Morgan fingerprint density at radius 1 is 1.20 bits per heavy atom. The second-order valence-electron chi connectivity index (χ2n) is 4.39. The summed E-state index contributed by atoms with van der Waals surface area (Å²) < 4.78 is 5.39. The third kappa shape index (κ3) is 3.48. The number of nitrogens with one attached hydrogen (secondary N) is 1. The van der Waals surface area contributed by atoms with Gasteiger partial charge in [0.2, 0.25) is 0 Å². The molecule has 102 valence electrons. The zero-order valence-electron chi connectivity index (χ0n) is 11.4. The number of aryl methyl sites for hydroxylation is 1. The second kappa shape index (κ2) is 6.57. The molecule has 0 spiro atoms. The van der Waals surface area contributed by atoms with Crippen molar-refractivity contribution in [1.82, 2.24) is 0 Å². The number of benzene rings is 2. The van der Waals surface area contributed by atoms with Gasteiger partial charge in [-0.3, -0.25) is 4.79 Å². The molecular weight excluding hydrogens is 250 g/mol. The molecule has 1 N–H and O–H groups in total. The quantitative estimate of drug-likeness (QED) is 0.836. The van der Waals surface area contributed by atoms with E-state index in [1.807, 2.05) is 55.5 Å². The van der Waals surface area contributed by atoms with E-state index in [1.165, 1.54) is 0 Å². The molecule has 0 aliphatic carbocycles. The number of carbonyl (C=O) groups excluding carboxylic acids is 1. The predicted octanol–water partition coefficient (Wildman–Crippen LogP) is 3.81. The average Bonchev–Trinajstić information content (AvgIpc) is 2.47.